The van der Waals surface area contributed by atoms with Crippen LogP contribution in [0.4, 0.5) is 0 Å². The maximum absolute atomic E-state index is 5.46. The normalized spacial score (nSPS) is 21.0. The van der Waals surface area contributed by atoms with Crippen molar-refractivity contribution in [3.8, 4) is 11.3 Å². The lowest BCUT2D eigenvalue weighted by Crippen LogP contribution is -2.37. The molecule has 5 heteroatoms. The van der Waals surface area contributed by atoms with E-state index in [1.54, 1.807) is 0 Å². The molecule has 1 saturated carbocycles. The van der Waals surface area contributed by atoms with Gasteiger partial charge in [-0.25, -0.2) is 0 Å². The molecule has 2 aromatic rings. The molecule has 2 aromatic heterocycles. The van der Waals surface area contributed by atoms with Gasteiger partial charge in [0.25, 0.3) is 0 Å². The molecule has 114 valence electrons. The molecule has 2 heterocycles. The van der Waals surface area contributed by atoms with Crippen LogP contribution >= 0.6 is 0 Å². The van der Waals surface area contributed by atoms with E-state index in [1.807, 2.05) is 30.9 Å². The topological polar surface area (TPSA) is 55.9 Å². The zero-order chi connectivity index (χ0) is 15.0. The van der Waals surface area contributed by atoms with E-state index in [1.165, 1.54) is 19.3 Å². The first-order chi connectivity index (χ1) is 9.97. The molecule has 1 fully saturated rings. The molecule has 0 aliphatic heterocycles. The summed E-state index contributed by atoms with van der Waals surface area (Å²) in [6, 6.07) is 2.57. The van der Waals surface area contributed by atoms with E-state index in [9.17, 15) is 0 Å². The zero-order valence-electron chi connectivity index (χ0n) is 13.3. The Labute approximate surface area is 125 Å². The molecule has 0 spiro atoms. The van der Waals surface area contributed by atoms with Gasteiger partial charge in [0.1, 0.15) is 5.69 Å². The molecule has 0 amide bonds. The molecular weight excluding hydrogens is 264 g/mol. The Bertz CT molecular complexity index is 626. The SMILES string of the molecule is Cc1c(-c2cc(CNC3CCCC3(C)C)on2)cnn1C. The van der Waals surface area contributed by atoms with E-state index in [2.05, 4.69) is 29.4 Å². The van der Waals surface area contributed by atoms with Crippen molar-refractivity contribution in [3.63, 3.8) is 0 Å². The van der Waals surface area contributed by atoms with Gasteiger partial charge >= 0.3 is 0 Å². The minimum Gasteiger partial charge on any atom is -0.359 e. The zero-order valence-corrected chi connectivity index (χ0v) is 13.3. The lowest BCUT2D eigenvalue weighted by atomic mass is 9.87. The first-order valence-corrected chi connectivity index (χ1v) is 7.65. The third kappa shape index (κ3) is 2.75. The Morgan fingerprint density at radius 1 is 1.48 bits per heavy atom. The third-order valence-electron chi connectivity index (χ3n) is 4.85. The summed E-state index contributed by atoms with van der Waals surface area (Å²) in [5.74, 6) is 0.885. The lowest BCUT2D eigenvalue weighted by molar-refractivity contribution is 0.270. The maximum Gasteiger partial charge on any atom is 0.151 e. The van der Waals surface area contributed by atoms with Crippen molar-refractivity contribution < 1.29 is 4.52 Å². The minimum absolute atomic E-state index is 0.378. The molecule has 0 aromatic carbocycles. The van der Waals surface area contributed by atoms with Gasteiger partial charge < -0.3 is 9.84 Å². The second-order valence-electron chi connectivity index (χ2n) is 6.76. The van der Waals surface area contributed by atoms with E-state index in [4.69, 9.17) is 4.52 Å². The summed E-state index contributed by atoms with van der Waals surface area (Å²) in [5, 5.41) is 12.0. The van der Waals surface area contributed by atoms with E-state index in [-0.39, 0.29) is 0 Å². The van der Waals surface area contributed by atoms with Crippen molar-refractivity contribution in [3.05, 3.63) is 23.7 Å². The van der Waals surface area contributed by atoms with Crippen LogP contribution in [0.3, 0.4) is 0 Å². The maximum atomic E-state index is 5.46. The number of nitrogens with one attached hydrogen (secondary N) is 1. The van der Waals surface area contributed by atoms with Crippen LogP contribution in [0.2, 0.25) is 0 Å². The van der Waals surface area contributed by atoms with Crippen LogP contribution in [0.25, 0.3) is 11.3 Å². The van der Waals surface area contributed by atoms with Crippen LogP contribution in [0.1, 0.15) is 44.6 Å². The fraction of sp³-hybridized carbons (Fsp3) is 0.625. The average Bonchev–Trinajstić information content (AvgIpc) is 3.10. The third-order valence-corrected chi connectivity index (χ3v) is 4.85. The summed E-state index contributed by atoms with van der Waals surface area (Å²) in [6.45, 7) is 7.45. The molecule has 21 heavy (non-hydrogen) atoms. The van der Waals surface area contributed by atoms with Crippen LogP contribution in [0.5, 0.6) is 0 Å². The van der Waals surface area contributed by atoms with E-state index in [0.29, 0.717) is 11.5 Å². The molecule has 1 atom stereocenters. The number of hydrogen-bond acceptors (Lipinski definition) is 4. The molecule has 1 aliphatic rings. The highest BCUT2D eigenvalue weighted by atomic mass is 16.5. The Hall–Kier alpha value is -1.62. The Balaban J connectivity index is 1.67. The Morgan fingerprint density at radius 3 is 2.90 bits per heavy atom. The quantitative estimate of drug-likeness (QED) is 0.939. The molecular formula is C16H24N4O. The van der Waals surface area contributed by atoms with E-state index in [0.717, 1.165) is 29.3 Å². The summed E-state index contributed by atoms with van der Waals surface area (Å²) < 4.78 is 7.31. The molecule has 0 bridgehead atoms. The lowest BCUT2D eigenvalue weighted by Gasteiger charge is -2.27. The predicted octanol–water partition coefficient (Wildman–Crippen LogP) is 3.05. The summed E-state index contributed by atoms with van der Waals surface area (Å²) in [7, 11) is 1.93. The smallest absolute Gasteiger partial charge is 0.151 e. The van der Waals surface area contributed by atoms with Crippen LogP contribution < -0.4 is 5.32 Å². The van der Waals surface area contributed by atoms with Crippen LogP contribution in [0.15, 0.2) is 16.8 Å². The monoisotopic (exact) mass is 288 g/mol. The van der Waals surface area contributed by atoms with Gasteiger partial charge in [-0.05, 0) is 25.2 Å². The van der Waals surface area contributed by atoms with Gasteiger partial charge in [-0.15, -0.1) is 0 Å². The van der Waals surface area contributed by atoms with Crippen molar-refractivity contribution in [1.29, 1.82) is 0 Å². The standard InChI is InChI=1S/C16H24N4O/c1-11-13(10-18-20(11)4)14-8-12(21-19-14)9-17-15-6-5-7-16(15,2)3/h8,10,15,17H,5-7,9H2,1-4H3. The molecule has 3 rings (SSSR count). The van der Waals surface area contributed by atoms with Gasteiger partial charge in [-0.2, -0.15) is 5.10 Å². The number of nitrogens with zero attached hydrogens (tertiary/aromatic N) is 3. The molecule has 1 unspecified atom stereocenters. The number of rotatable bonds is 4. The molecule has 1 aliphatic carbocycles. The summed E-state index contributed by atoms with van der Waals surface area (Å²) in [4.78, 5) is 0. The highest BCUT2D eigenvalue weighted by Gasteiger charge is 2.34. The van der Waals surface area contributed by atoms with Crippen LogP contribution in [-0.4, -0.2) is 21.0 Å². The summed E-state index contributed by atoms with van der Waals surface area (Å²) in [5.41, 5.74) is 3.37. The molecule has 1 N–H and O–H groups in total. The second kappa shape index (κ2) is 5.30. The van der Waals surface area contributed by atoms with Gasteiger partial charge in [0.05, 0.1) is 12.7 Å². The highest BCUT2D eigenvalue weighted by Crippen LogP contribution is 2.37. The molecule has 0 saturated heterocycles. The largest absolute Gasteiger partial charge is 0.359 e. The van der Waals surface area contributed by atoms with Crippen LogP contribution in [0, 0.1) is 12.3 Å². The van der Waals surface area contributed by atoms with E-state index < -0.39 is 0 Å². The van der Waals surface area contributed by atoms with Crippen molar-refractivity contribution in [2.24, 2.45) is 12.5 Å². The van der Waals surface area contributed by atoms with Gasteiger partial charge in [-0.1, -0.05) is 25.4 Å². The van der Waals surface area contributed by atoms with Gasteiger partial charge in [0.2, 0.25) is 0 Å². The van der Waals surface area contributed by atoms with Crippen molar-refractivity contribution in [1.82, 2.24) is 20.3 Å². The minimum atomic E-state index is 0.378. The Morgan fingerprint density at radius 2 is 2.29 bits per heavy atom. The summed E-state index contributed by atoms with van der Waals surface area (Å²) >= 11 is 0. The Kier molecular flexibility index (Phi) is 3.61. The molecule has 0 radical (unpaired) electrons. The predicted molar refractivity (Wildman–Crippen MR) is 81.7 cm³/mol. The van der Waals surface area contributed by atoms with Gasteiger partial charge in [-0.3, -0.25) is 4.68 Å². The van der Waals surface area contributed by atoms with Gasteiger partial charge in [0, 0.05) is 30.4 Å². The van der Waals surface area contributed by atoms with Crippen molar-refractivity contribution in [2.75, 3.05) is 0 Å². The number of aryl methyl sites for hydroxylation is 1. The fourth-order valence-corrected chi connectivity index (χ4v) is 3.20. The first-order valence-electron chi connectivity index (χ1n) is 7.65. The average molecular weight is 288 g/mol. The number of hydrogen-bond donors (Lipinski definition) is 1. The van der Waals surface area contributed by atoms with Crippen molar-refractivity contribution >= 4 is 0 Å². The van der Waals surface area contributed by atoms with Gasteiger partial charge in [0.15, 0.2) is 5.76 Å². The number of aromatic nitrogens is 3. The fourth-order valence-electron chi connectivity index (χ4n) is 3.20. The summed E-state index contributed by atoms with van der Waals surface area (Å²) in [6.07, 6.45) is 5.68. The molecule has 5 nitrogen and oxygen atoms in total. The van der Waals surface area contributed by atoms with Crippen LogP contribution in [-0.2, 0) is 13.6 Å². The first kappa shape index (κ1) is 14.3. The van der Waals surface area contributed by atoms with Crippen molar-refractivity contribution in [2.45, 2.75) is 52.6 Å². The van der Waals surface area contributed by atoms with E-state index >= 15 is 0 Å². The second-order valence-corrected chi connectivity index (χ2v) is 6.76. The highest BCUT2D eigenvalue weighted by molar-refractivity contribution is 5.60.